The molecule has 2 amide bonds. The highest BCUT2D eigenvalue weighted by atomic mass is 32.1. The molecule has 0 aromatic carbocycles. The third kappa shape index (κ3) is 3.96. The van der Waals surface area contributed by atoms with Crippen LogP contribution in [-0.4, -0.2) is 30.3 Å². The molecule has 0 radical (unpaired) electrons. The highest BCUT2D eigenvalue weighted by Crippen LogP contribution is 2.13. The van der Waals surface area contributed by atoms with E-state index in [1.165, 1.54) is 4.88 Å². The molecule has 2 heterocycles. The predicted octanol–water partition coefficient (Wildman–Crippen LogP) is 1.68. The number of amides is 2. The molecular formula is C12H19N3O2S. The van der Waals surface area contributed by atoms with Gasteiger partial charge >= 0.3 is 6.03 Å². The van der Waals surface area contributed by atoms with Crippen molar-refractivity contribution in [1.82, 2.24) is 15.6 Å². The van der Waals surface area contributed by atoms with Crippen molar-refractivity contribution < 1.29 is 9.53 Å². The average Bonchev–Trinajstić information content (AvgIpc) is 3.04. The van der Waals surface area contributed by atoms with E-state index < -0.39 is 0 Å². The van der Waals surface area contributed by atoms with Gasteiger partial charge in [0.25, 0.3) is 0 Å². The first-order valence-electron chi connectivity index (χ1n) is 6.35. The summed E-state index contributed by atoms with van der Waals surface area (Å²) in [5.74, 6) is 0. The maximum Gasteiger partial charge on any atom is 0.315 e. The Morgan fingerprint density at radius 1 is 1.61 bits per heavy atom. The largest absolute Gasteiger partial charge is 0.376 e. The van der Waals surface area contributed by atoms with Crippen molar-refractivity contribution in [2.24, 2.45) is 0 Å². The molecule has 1 fully saturated rings. The second kappa shape index (κ2) is 6.70. The number of thiazole rings is 1. The van der Waals surface area contributed by atoms with Gasteiger partial charge in [-0.25, -0.2) is 9.78 Å². The molecule has 5 nitrogen and oxygen atoms in total. The Balaban J connectivity index is 1.64. The fraction of sp³-hybridized carbons (Fsp3) is 0.667. The topological polar surface area (TPSA) is 63.2 Å². The Hall–Kier alpha value is -1.14. The van der Waals surface area contributed by atoms with Gasteiger partial charge in [-0.1, -0.05) is 6.92 Å². The van der Waals surface area contributed by atoms with Gasteiger partial charge in [0, 0.05) is 24.2 Å². The number of aryl methyl sites for hydroxylation is 1. The van der Waals surface area contributed by atoms with Gasteiger partial charge in [0.05, 0.1) is 12.6 Å². The normalized spacial score (nSPS) is 18.8. The summed E-state index contributed by atoms with van der Waals surface area (Å²) in [6, 6.07) is -0.154. The number of nitrogens with one attached hydrogen (secondary N) is 2. The van der Waals surface area contributed by atoms with E-state index in [1.54, 1.807) is 11.3 Å². The third-order valence-corrected chi connectivity index (χ3v) is 4.01. The van der Waals surface area contributed by atoms with Gasteiger partial charge in [-0.3, -0.25) is 0 Å². The van der Waals surface area contributed by atoms with Crippen LogP contribution in [0.15, 0.2) is 6.20 Å². The van der Waals surface area contributed by atoms with Gasteiger partial charge in [0.2, 0.25) is 0 Å². The SMILES string of the molecule is CCc1cnc(CNC(=O)NCC2CCCO2)s1. The zero-order chi connectivity index (χ0) is 12.8. The van der Waals surface area contributed by atoms with E-state index >= 15 is 0 Å². The number of aromatic nitrogens is 1. The summed E-state index contributed by atoms with van der Waals surface area (Å²) in [4.78, 5) is 17.0. The summed E-state index contributed by atoms with van der Waals surface area (Å²) in [5.41, 5.74) is 0. The number of ether oxygens (including phenoxy) is 1. The lowest BCUT2D eigenvalue weighted by Gasteiger charge is -2.11. The van der Waals surface area contributed by atoms with Gasteiger partial charge in [-0.05, 0) is 19.3 Å². The second-order valence-corrected chi connectivity index (χ2v) is 5.47. The number of rotatable bonds is 5. The zero-order valence-corrected chi connectivity index (χ0v) is 11.4. The summed E-state index contributed by atoms with van der Waals surface area (Å²) in [6.07, 6.45) is 5.16. The van der Waals surface area contributed by atoms with Crippen LogP contribution in [0.4, 0.5) is 4.79 Å². The molecule has 1 atom stereocenters. The van der Waals surface area contributed by atoms with E-state index in [0.29, 0.717) is 13.1 Å². The molecule has 1 aromatic rings. The molecule has 1 aliphatic rings. The van der Waals surface area contributed by atoms with Crippen LogP contribution in [0.5, 0.6) is 0 Å². The Labute approximate surface area is 111 Å². The number of carbonyl (C=O) groups excluding carboxylic acids is 1. The molecule has 0 spiro atoms. The number of hydrogen-bond acceptors (Lipinski definition) is 4. The lowest BCUT2D eigenvalue weighted by Crippen LogP contribution is -2.39. The van der Waals surface area contributed by atoms with E-state index in [2.05, 4.69) is 22.5 Å². The van der Waals surface area contributed by atoms with E-state index in [9.17, 15) is 4.79 Å². The van der Waals surface area contributed by atoms with E-state index in [4.69, 9.17) is 4.74 Å². The van der Waals surface area contributed by atoms with Gasteiger partial charge in [0.15, 0.2) is 0 Å². The Kier molecular flexibility index (Phi) is 4.95. The standard InChI is InChI=1S/C12H19N3O2S/c1-2-10-7-13-11(18-10)8-15-12(16)14-6-9-4-3-5-17-9/h7,9H,2-6,8H2,1H3,(H2,14,15,16). The third-order valence-electron chi connectivity index (χ3n) is 2.86. The van der Waals surface area contributed by atoms with Crippen molar-refractivity contribution in [2.45, 2.75) is 38.8 Å². The summed E-state index contributed by atoms with van der Waals surface area (Å²) >= 11 is 1.64. The van der Waals surface area contributed by atoms with Crippen molar-refractivity contribution in [1.29, 1.82) is 0 Å². The van der Waals surface area contributed by atoms with E-state index in [0.717, 1.165) is 30.9 Å². The molecule has 1 aromatic heterocycles. The first-order chi connectivity index (χ1) is 8.78. The van der Waals surface area contributed by atoms with Gasteiger partial charge < -0.3 is 15.4 Å². The molecule has 6 heteroatoms. The maximum absolute atomic E-state index is 11.5. The summed E-state index contributed by atoms with van der Waals surface area (Å²) in [6.45, 7) is 3.98. The smallest absolute Gasteiger partial charge is 0.315 e. The lowest BCUT2D eigenvalue weighted by molar-refractivity contribution is 0.111. The maximum atomic E-state index is 11.5. The van der Waals surface area contributed by atoms with Crippen LogP contribution >= 0.6 is 11.3 Å². The number of nitrogens with zero attached hydrogens (tertiary/aromatic N) is 1. The number of carbonyl (C=O) groups is 1. The minimum Gasteiger partial charge on any atom is -0.376 e. The minimum atomic E-state index is -0.154. The Morgan fingerprint density at radius 3 is 3.17 bits per heavy atom. The first kappa shape index (κ1) is 13.3. The van der Waals surface area contributed by atoms with Gasteiger partial charge in [0.1, 0.15) is 5.01 Å². The minimum absolute atomic E-state index is 0.154. The molecule has 0 saturated carbocycles. The van der Waals surface area contributed by atoms with Crippen LogP contribution < -0.4 is 10.6 Å². The lowest BCUT2D eigenvalue weighted by atomic mass is 10.2. The predicted molar refractivity (Wildman–Crippen MR) is 70.7 cm³/mol. The van der Waals surface area contributed by atoms with E-state index in [1.807, 2.05) is 6.20 Å². The van der Waals surface area contributed by atoms with Crippen LogP contribution in [0.3, 0.4) is 0 Å². The van der Waals surface area contributed by atoms with Crippen LogP contribution in [0.1, 0.15) is 29.7 Å². The van der Waals surface area contributed by atoms with Crippen molar-refractivity contribution in [2.75, 3.05) is 13.2 Å². The highest BCUT2D eigenvalue weighted by Gasteiger charge is 2.15. The molecule has 0 aliphatic carbocycles. The highest BCUT2D eigenvalue weighted by molar-refractivity contribution is 7.11. The molecule has 1 unspecified atom stereocenters. The molecule has 2 rings (SSSR count). The fourth-order valence-corrected chi connectivity index (χ4v) is 2.63. The fourth-order valence-electron chi connectivity index (χ4n) is 1.82. The van der Waals surface area contributed by atoms with Crippen molar-refractivity contribution in [3.05, 3.63) is 16.1 Å². The van der Waals surface area contributed by atoms with Crippen LogP contribution in [0, 0.1) is 0 Å². The van der Waals surface area contributed by atoms with E-state index in [-0.39, 0.29) is 12.1 Å². The summed E-state index contributed by atoms with van der Waals surface area (Å²) < 4.78 is 5.43. The molecule has 18 heavy (non-hydrogen) atoms. The first-order valence-corrected chi connectivity index (χ1v) is 7.16. The number of hydrogen-bond donors (Lipinski definition) is 2. The Bertz CT molecular complexity index is 388. The van der Waals surface area contributed by atoms with Gasteiger partial charge in [-0.2, -0.15) is 0 Å². The van der Waals surface area contributed by atoms with Crippen LogP contribution in [-0.2, 0) is 17.7 Å². The zero-order valence-electron chi connectivity index (χ0n) is 10.6. The van der Waals surface area contributed by atoms with Gasteiger partial charge in [-0.15, -0.1) is 11.3 Å². The molecule has 100 valence electrons. The molecular weight excluding hydrogens is 250 g/mol. The Morgan fingerprint density at radius 2 is 2.50 bits per heavy atom. The summed E-state index contributed by atoms with van der Waals surface area (Å²) in [5, 5.41) is 6.56. The number of urea groups is 1. The summed E-state index contributed by atoms with van der Waals surface area (Å²) in [7, 11) is 0. The monoisotopic (exact) mass is 269 g/mol. The van der Waals surface area contributed by atoms with Crippen molar-refractivity contribution >= 4 is 17.4 Å². The molecule has 1 aliphatic heterocycles. The van der Waals surface area contributed by atoms with Crippen molar-refractivity contribution in [3.8, 4) is 0 Å². The molecule has 1 saturated heterocycles. The van der Waals surface area contributed by atoms with Crippen LogP contribution in [0.2, 0.25) is 0 Å². The molecule has 2 N–H and O–H groups in total. The molecule has 0 bridgehead atoms. The average molecular weight is 269 g/mol. The quantitative estimate of drug-likeness (QED) is 0.855. The second-order valence-electron chi connectivity index (χ2n) is 4.27. The van der Waals surface area contributed by atoms with Crippen LogP contribution in [0.25, 0.3) is 0 Å². The van der Waals surface area contributed by atoms with Crippen molar-refractivity contribution in [3.63, 3.8) is 0 Å².